The van der Waals surface area contributed by atoms with Crippen molar-refractivity contribution in [3.8, 4) is 11.5 Å². The largest absolute Gasteiger partial charge is 0.497 e. The van der Waals surface area contributed by atoms with E-state index in [1.807, 2.05) is 53.9 Å². The number of hydrogen-bond acceptors (Lipinski definition) is 8. The van der Waals surface area contributed by atoms with Gasteiger partial charge in [-0.05, 0) is 58.2 Å². The summed E-state index contributed by atoms with van der Waals surface area (Å²) in [6.45, 7) is 7.04. The zero-order valence-electron chi connectivity index (χ0n) is 20.7. The van der Waals surface area contributed by atoms with Crippen molar-refractivity contribution in [1.29, 1.82) is 0 Å². The van der Waals surface area contributed by atoms with Crippen molar-refractivity contribution in [3.63, 3.8) is 0 Å². The molecule has 0 N–H and O–H groups in total. The summed E-state index contributed by atoms with van der Waals surface area (Å²) in [5.74, 6) is 1.16. The molecule has 3 aromatic rings. The quantitative estimate of drug-likeness (QED) is 0.178. The first-order valence-corrected chi connectivity index (χ1v) is 13.2. The SMILES string of the molecule is C=CCO[C@H](c1nc(Br)cs1)[C@@H](C(=O)OCC)N(Cc1ccc(OC)cc1)Cc1ccc(OC)cc1. The van der Waals surface area contributed by atoms with Gasteiger partial charge in [0.1, 0.15) is 33.3 Å². The van der Waals surface area contributed by atoms with Crippen LogP contribution in [0.4, 0.5) is 0 Å². The van der Waals surface area contributed by atoms with E-state index >= 15 is 0 Å². The molecule has 1 heterocycles. The van der Waals surface area contributed by atoms with Crippen molar-refractivity contribution in [2.24, 2.45) is 0 Å². The highest BCUT2D eigenvalue weighted by Gasteiger charge is 2.38. The Morgan fingerprint density at radius 2 is 1.61 bits per heavy atom. The average molecular weight is 576 g/mol. The Morgan fingerprint density at radius 3 is 2.03 bits per heavy atom. The van der Waals surface area contributed by atoms with E-state index in [9.17, 15) is 4.79 Å². The monoisotopic (exact) mass is 574 g/mol. The standard InChI is InChI=1S/C27H31BrN2O5S/c1-5-15-35-25(26-29-23(28)18-36-26)24(27(31)34-6-2)30(16-19-7-11-21(32-3)12-8-19)17-20-9-13-22(33-4)14-10-20/h5,7-14,18,24-25H,1,6,15-17H2,2-4H3/t24-,25-/m0/s1. The van der Waals surface area contributed by atoms with Crippen molar-refractivity contribution in [3.05, 3.63) is 87.3 Å². The molecule has 0 aliphatic heterocycles. The highest BCUT2D eigenvalue weighted by atomic mass is 79.9. The fraction of sp³-hybridized carbons (Fsp3) is 0.333. The van der Waals surface area contributed by atoms with Gasteiger partial charge >= 0.3 is 5.97 Å². The van der Waals surface area contributed by atoms with Crippen LogP contribution in [0.1, 0.15) is 29.2 Å². The smallest absolute Gasteiger partial charge is 0.326 e. The maximum Gasteiger partial charge on any atom is 0.326 e. The van der Waals surface area contributed by atoms with Gasteiger partial charge < -0.3 is 18.9 Å². The normalized spacial score (nSPS) is 12.7. The fourth-order valence-corrected chi connectivity index (χ4v) is 5.08. The number of halogens is 1. The summed E-state index contributed by atoms with van der Waals surface area (Å²) in [4.78, 5) is 20.1. The molecule has 0 aliphatic rings. The predicted molar refractivity (Wildman–Crippen MR) is 144 cm³/mol. The second-order valence-electron chi connectivity index (χ2n) is 7.85. The lowest BCUT2D eigenvalue weighted by Gasteiger charge is -2.34. The Morgan fingerprint density at radius 1 is 1.06 bits per heavy atom. The molecule has 36 heavy (non-hydrogen) atoms. The van der Waals surface area contributed by atoms with Crippen LogP contribution in [0, 0.1) is 0 Å². The molecule has 2 aromatic carbocycles. The van der Waals surface area contributed by atoms with E-state index in [0.717, 1.165) is 22.6 Å². The van der Waals surface area contributed by atoms with Crippen LogP contribution in [0.2, 0.25) is 0 Å². The molecule has 1 aromatic heterocycles. The number of benzene rings is 2. The number of carbonyl (C=O) groups excluding carboxylic acids is 1. The Balaban J connectivity index is 2.05. The van der Waals surface area contributed by atoms with Crippen molar-refractivity contribution in [2.45, 2.75) is 32.2 Å². The molecule has 0 bridgehead atoms. The molecule has 3 rings (SSSR count). The molecule has 0 spiro atoms. The first-order valence-electron chi connectivity index (χ1n) is 11.5. The summed E-state index contributed by atoms with van der Waals surface area (Å²) in [7, 11) is 3.27. The zero-order chi connectivity index (χ0) is 25.9. The highest BCUT2D eigenvalue weighted by molar-refractivity contribution is 9.10. The fourth-order valence-electron chi connectivity index (χ4n) is 3.74. The van der Waals surface area contributed by atoms with Crippen molar-refractivity contribution in [1.82, 2.24) is 9.88 Å². The summed E-state index contributed by atoms with van der Waals surface area (Å²) >= 11 is 4.85. The van der Waals surface area contributed by atoms with Gasteiger partial charge in [0, 0.05) is 18.5 Å². The zero-order valence-corrected chi connectivity index (χ0v) is 23.1. The van der Waals surface area contributed by atoms with Gasteiger partial charge in [0.2, 0.25) is 0 Å². The molecule has 0 saturated carbocycles. The number of carbonyl (C=O) groups is 1. The van der Waals surface area contributed by atoms with Crippen molar-refractivity contribution >= 4 is 33.2 Å². The lowest BCUT2D eigenvalue weighted by atomic mass is 10.1. The molecular formula is C27H31BrN2O5S. The summed E-state index contributed by atoms with van der Waals surface area (Å²) < 4.78 is 23.0. The number of rotatable bonds is 14. The van der Waals surface area contributed by atoms with Crippen LogP contribution < -0.4 is 9.47 Å². The third-order valence-electron chi connectivity index (χ3n) is 5.43. The number of esters is 1. The first kappa shape index (κ1) is 27.9. The molecule has 9 heteroatoms. The van der Waals surface area contributed by atoms with Crippen LogP contribution in [-0.4, -0.2) is 49.3 Å². The van der Waals surface area contributed by atoms with Crippen molar-refractivity contribution < 1.29 is 23.7 Å². The van der Waals surface area contributed by atoms with E-state index in [4.69, 9.17) is 18.9 Å². The predicted octanol–water partition coefficient (Wildman–Crippen LogP) is 5.80. The third kappa shape index (κ3) is 7.64. The Kier molecular flexibility index (Phi) is 10.9. The van der Waals surface area contributed by atoms with E-state index < -0.39 is 12.1 Å². The van der Waals surface area contributed by atoms with E-state index in [-0.39, 0.29) is 19.2 Å². The summed E-state index contributed by atoms with van der Waals surface area (Å²) in [5.41, 5.74) is 2.03. The van der Waals surface area contributed by atoms with Crippen LogP contribution in [0.5, 0.6) is 11.5 Å². The molecule has 2 atom stereocenters. The molecular weight excluding hydrogens is 544 g/mol. The van der Waals surface area contributed by atoms with Crippen LogP contribution >= 0.6 is 27.3 Å². The lowest BCUT2D eigenvalue weighted by Crippen LogP contribution is -2.46. The van der Waals surface area contributed by atoms with Crippen LogP contribution in [-0.2, 0) is 27.4 Å². The number of hydrogen-bond donors (Lipinski definition) is 0. The Bertz CT molecular complexity index is 1050. The topological polar surface area (TPSA) is 70.1 Å². The molecule has 0 fully saturated rings. The molecule has 0 amide bonds. The van der Waals surface area contributed by atoms with Gasteiger partial charge in [-0.25, -0.2) is 4.98 Å². The number of ether oxygens (including phenoxy) is 4. The maximum atomic E-state index is 13.5. The molecule has 7 nitrogen and oxygen atoms in total. The molecule has 0 unspecified atom stereocenters. The minimum absolute atomic E-state index is 0.254. The van der Waals surface area contributed by atoms with E-state index in [1.54, 1.807) is 27.2 Å². The van der Waals surface area contributed by atoms with Gasteiger partial charge in [-0.15, -0.1) is 17.9 Å². The summed E-state index contributed by atoms with van der Waals surface area (Å²) in [5, 5.41) is 2.55. The molecule has 192 valence electrons. The second kappa shape index (κ2) is 14.1. The first-order chi connectivity index (χ1) is 17.5. The maximum absolute atomic E-state index is 13.5. The van der Waals surface area contributed by atoms with Crippen molar-refractivity contribution in [2.75, 3.05) is 27.4 Å². The number of methoxy groups -OCH3 is 2. The Hall–Kier alpha value is -2.72. The third-order valence-corrected chi connectivity index (χ3v) is 7.04. The highest BCUT2D eigenvalue weighted by Crippen LogP contribution is 2.32. The lowest BCUT2D eigenvalue weighted by molar-refractivity contribution is -0.157. The van der Waals surface area contributed by atoms with E-state index in [0.29, 0.717) is 22.7 Å². The number of thiazole rings is 1. The van der Waals surface area contributed by atoms with E-state index in [1.165, 1.54) is 11.3 Å². The van der Waals surface area contributed by atoms with Gasteiger partial charge in [0.05, 0.1) is 27.4 Å². The molecule has 0 aliphatic carbocycles. The summed E-state index contributed by atoms with van der Waals surface area (Å²) in [6, 6.07) is 14.8. The van der Waals surface area contributed by atoms with Gasteiger partial charge in [-0.3, -0.25) is 9.69 Å². The van der Waals surface area contributed by atoms with Gasteiger partial charge in [0.15, 0.2) is 0 Å². The number of aromatic nitrogens is 1. The summed E-state index contributed by atoms with van der Waals surface area (Å²) in [6.07, 6.45) is 1.00. The minimum Gasteiger partial charge on any atom is -0.497 e. The van der Waals surface area contributed by atoms with Gasteiger partial charge in [-0.2, -0.15) is 0 Å². The van der Waals surface area contributed by atoms with Gasteiger partial charge in [-0.1, -0.05) is 30.3 Å². The van der Waals surface area contributed by atoms with E-state index in [2.05, 4.69) is 32.4 Å². The Labute approximate surface area is 224 Å². The average Bonchev–Trinajstić information content (AvgIpc) is 3.33. The second-order valence-corrected chi connectivity index (χ2v) is 9.55. The minimum atomic E-state index is -0.757. The molecule has 0 radical (unpaired) electrons. The molecule has 0 saturated heterocycles. The van der Waals surface area contributed by atoms with Crippen LogP contribution in [0.25, 0.3) is 0 Å². The number of nitrogens with zero attached hydrogens (tertiary/aromatic N) is 2. The van der Waals surface area contributed by atoms with Crippen LogP contribution in [0.15, 0.2) is 71.2 Å². The van der Waals surface area contributed by atoms with Crippen LogP contribution in [0.3, 0.4) is 0 Å². The van der Waals surface area contributed by atoms with Gasteiger partial charge in [0.25, 0.3) is 0 Å².